The highest BCUT2D eigenvalue weighted by Crippen LogP contribution is 2.23. The van der Waals surface area contributed by atoms with Crippen molar-refractivity contribution in [2.45, 2.75) is 11.9 Å². The fraction of sp³-hybridized carbons (Fsp3) is 0.167. The van der Waals surface area contributed by atoms with Crippen molar-refractivity contribution in [1.82, 2.24) is 4.90 Å². The van der Waals surface area contributed by atoms with Crippen LogP contribution in [0.1, 0.15) is 5.56 Å². The van der Waals surface area contributed by atoms with Crippen molar-refractivity contribution in [2.24, 2.45) is 0 Å². The fourth-order valence-electron chi connectivity index (χ4n) is 1.55. The smallest absolute Gasteiger partial charge is 0.129 e. The molecular formula is C12H10BrClFNS. The van der Waals surface area contributed by atoms with E-state index in [4.69, 9.17) is 11.6 Å². The van der Waals surface area contributed by atoms with Crippen LogP contribution < -0.4 is 0 Å². The number of hydrogen-bond donors (Lipinski definition) is 1. The van der Waals surface area contributed by atoms with Crippen molar-refractivity contribution >= 4 is 40.2 Å². The number of nitrogens with zero attached hydrogens (tertiary/aromatic N) is 1. The van der Waals surface area contributed by atoms with Crippen LogP contribution in [-0.2, 0) is 6.54 Å². The second-order valence-corrected chi connectivity index (χ2v) is 5.58. The van der Waals surface area contributed by atoms with E-state index in [2.05, 4.69) is 28.6 Å². The van der Waals surface area contributed by atoms with E-state index in [1.165, 1.54) is 6.07 Å². The van der Waals surface area contributed by atoms with Crippen LogP contribution in [0.5, 0.6) is 0 Å². The van der Waals surface area contributed by atoms with Gasteiger partial charge in [-0.2, -0.15) is 12.6 Å². The monoisotopic (exact) mass is 333 g/mol. The Bertz CT molecular complexity index is 489. The maximum absolute atomic E-state index is 13.7. The van der Waals surface area contributed by atoms with Gasteiger partial charge in [-0.3, -0.25) is 0 Å². The summed E-state index contributed by atoms with van der Waals surface area (Å²) in [6.07, 6.45) is 5.41. The average molecular weight is 335 g/mol. The third-order valence-electron chi connectivity index (χ3n) is 2.42. The average Bonchev–Trinajstić information content (AvgIpc) is 2.27. The van der Waals surface area contributed by atoms with Crippen LogP contribution in [0.15, 0.2) is 46.1 Å². The number of halogens is 3. The van der Waals surface area contributed by atoms with Crippen LogP contribution in [0.3, 0.4) is 0 Å². The Kier molecular flexibility index (Phi) is 4.17. The Labute approximate surface area is 118 Å². The lowest BCUT2D eigenvalue weighted by molar-refractivity contribution is 0.372. The zero-order chi connectivity index (χ0) is 12.4. The summed E-state index contributed by atoms with van der Waals surface area (Å²) in [5.41, 5.74) is 0.614. The van der Waals surface area contributed by atoms with Crippen molar-refractivity contribution in [2.75, 3.05) is 0 Å². The second kappa shape index (κ2) is 5.46. The van der Waals surface area contributed by atoms with Crippen molar-refractivity contribution in [3.63, 3.8) is 0 Å². The number of rotatable bonds is 2. The molecule has 0 N–H and O–H groups in total. The predicted octanol–water partition coefficient (Wildman–Crippen LogP) is 4.30. The van der Waals surface area contributed by atoms with Gasteiger partial charge in [-0.05, 0) is 18.2 Å². The van der Waals surface area contributed by atoms with Gasteiger partial charge >= 0.3 is 0 Å². The van der Waals surface area contributed by atoms with E-state index < -0.39 is 0 Å². The summed E-state index contributed by atoms with van der Waals surface area (Å²) in [5.74, 6) is -0.237. The quantitative estimate of drug-likeness (QED) is 0.789. The summed E-state index contributed by atoms with van der Waals surface area (Å²) in [5, 5.41) is 0.536. The van der Waals surface area contributed by atoms with E-state index in [0.717, 1.165) is 4.47 Å². The zero-order valence-electron chi connectivity index (χ0n) is 8.78. The molecule has 0 fully saturated rings. The predicted molar refractivity (Wildman–Crippen MR) is 75.5 cm³/mol. The summed E-state index contributed by atoms with van der Waals surface area (Å²) in [6, 6.07) is 5.02. The number of hydrogen-bond acceptors (Lipinski definition) is 2. The first-order valence-electron chi connectivity index (χ1n) is 4.99. The van der Waals surface area contributed by atoms with Crippen molar-refractivity contribution < 1.29 is 4.39 Å². The third-order valence-corrected chi connectivity index (χ3v) is 3.61. The zero-order valence-corrected chi connectivity index (χ0v) is 12.0. The first-order chi connectivity index (χ1) is 8.06. The summed E-state index contributed by atoms with van der Waals surface area (Å²) in [7, 11) is 0. The molecule has 1 atom stereocenters. The maximum atomic E-state index is 13.7. The van der Waals surface area contributed by atoms with Crippen LogP contribution in [-0.4, -0.2) is 10.3 Å². The SMILES string of the molecule is Fc1cc(Br)ccc1CN1C=C(Cl)C=CC1S. The van der Waals surface area contributed by atoms with Crippen LogP contribution >= 0.6 is 40.2 Å². The Hall–Kier alpha value is -0.450. The molecule has 17 heavy (non-hydrogen) atoms. The summed E-state index contributed by atoms with van der Waals surface area (Å²) in [4.78, 5) is 1.87. The molecule has 1 aromatic carbocycles. The highest BCUT2D eigenvalue weighted by Gasteiger charge is 2.15. The molecule has 1 heterocycles. The molecule has 0 aliphatic carbocycles. The molecule has 1 nitrogen and oxygen atoms in total. The van der Waals surface area contributed by atoms with Gasteiger partial charge in [0.1, 0.15) is 5.82 Å². The number of thiol groups is 1. The fourth-order valence-corrected chi connectivity index (χ4v) is 2.32. The molecule has 0 saturated carbocycles. The van der Waals surface area contributed by atoms with E-state index in [9.17, 15) is 4.39 Å². The van der Waals surface area contributed by atoms with E-state index in [-0.39, 0.29) is 11.2 Å². The standard InChI is InChI=1S/C12H10BrClFNS/c13-9-2-1-8(11(15)5-9)6-16-7-10(14)3-4-12(16)17/h1-5,7,12,17H,6H2. The highest BCUT2D eigenvalue weighted by molar-refractivity contribution is 9.10. The topological polar surface area (TPSA) is 3.24 Å². The molecule has 1 aliphatic heterocycles. The first-order valence-corrected chi connectivity index (χ1v) is 6.68. The summed E-state index contributed by atoms with van der Waals surface area (Å²) in [6.45, 7) is 0.438. The van der Waals surface area contributed by atoms with Crippen molar-refractivity contribution in [3.05, 3.63) is 57.4 Å². The van der Waals surface area contributed by atoms with Gasteiger partial charge in [0.2, 0.25) is 0 Å². The largest absolute Gasteiger partial charge is 0.356 e. The molecular weight excluding hydrogens is 325 g/mol. The number of allylic oxidation sites excluding steroid dienone is 2. The normalized spacial score (nSPS) is 19.4. The molecule has 0 radical (unpaired) electrons. The van der Waals surface area contributed by atoms with Gasteiger partial charge < -0.3 is 4.90 Å². The van der Waals surface area contributed by atoms with Gasteiger partial charge in [-0.1, -0.05) is 39.7 Å². The molecule has 5 heteroatoms. The Morgan fingerprint density at radius 3 is 2.94 bits per heavy atom. The third kappa shape index (κ3) is 3.27. The second-order valence-electron chi connectivity index (χ2n) is 3.69. The molecule has 0 amide bonds. The summed E-state index contributed by atoms with van der Waals surface area (Å²) < 4.78 is 14.4. The molecule has 0 bridgehead atoms. The lowest BCUT2D eigenvalue weighted by atomic mass is 10.2. The van der Waals surface area contributed by atoms with E-state index in [1.807, 2.05) is 17.0 Å². The van der Waals surface area contributed by atoms with Gasteiger partial charge in [0.05, 0.1) is 10.4 Å². The molecule has 1 aromatic rings. The molecule has 90 valence electrons. The Balaban J connectivity index is 2.18. The van der Waals surface area contributed by atoms with Gasteiger partial charge in [0.15, 0.2) is 0 Å². The van der Waals surface area contributed by atoms with Gasteiger partial charge in [0.25, 0.3) is 0 Å². The van der Waals surface area contributed by atoms with Crippen LogP contribution in [0.2, 0.25) is 0 Å². The molecule has 0 spiro atoms. The first kappa shape index (κ1) is 13.0. The molecule has 2 rings (SSSR count). The Morgan fingerprint density at radius 1 is 1.47 bits per heavy atom. The van der Waals surface area contributed by atoms with Crippen molar-refractivity contribution in [3.8, 4) is 0 Å². The lowest BCUT2D eigenvalue weighted by Gasteiger charge is -2.27. The minimum absolute atomic E-state index is 0.0828. The van der Waals surface area contributed by atoms with Crippen LogP contribution in [0.4, 0.5) is 4.39 Å². The van der Waals surface area contributed by atoms with E-state index in [1.54, 1.807) is 18.3 Å². The summed E-state index contributed by atoms with van der Waals surface area (Å²) >= 11 is 13.5. The van der Waals surface area contributed by atoms with E-state index in [0.29, 0.717) is 17.1 Å². The van der Waals surface area contributed by atoms with Gasteiger partial charge in [-0.25, -0.2) is 4.39 Å². The van der Waals surface area contributed by atoms with Crippen LogP contribution in [0.25, 0.3) is 0 Å². The molecule has 1 unspecified atom stereocenters. The minimum Gasteiger partial charge on any atom is -0.356 e. The number of benzene rings is 1. The van der Waals surface area contributed by atoms with Crippen LogP contribution in [0, 0.1) is 5.82 Å². The van der Waals surface area contributed by atoms with Crippen molar-refractivity contribution in [1.29, 1.82) is 0 Å². The maximum Gasteiger partial charge on any atom is 0.129 e. The van der Waals surface area contributed by atoms with E-state index >= 15 is 0 Å². The Morgan fingerprint density at radius 2 is 2.24 bits per heavy atom. The van der Waals surface area contributed by atoms with Gasteiger partial charge in [0, 0.05) is 22.8 Å². The molecule has 0 saturated heterocycles. The molecule has 1 aliphatic rings. The lowest BCUT2D eigenvalue weighted by Crippen LogP contribution is -2.26. The molecule has 0 aromatic heterocycles. The minimum atomic E-state index is -0.237. The highest BCUT2D eigenvalue weighted by atomic mass is 79.9. The van der Waals surface area contributed by atoms with Gasteiger partial charge in [-0.15, -0.1) is 0 Å².